The summed E-state index contributed by atoms with van der Waals surface area (Å²) < 4.78 is 40.8. The number of likely N-dealkylation sites (tertiary alicyclic amines) is 2. The predicted molar refractivity (Wildman–Crippen MR) is 298 cm³/mol. The van der Waals surface area contributed by atoms with Crippen molar-refractivity contribution in [2.24, 2.45) is 11.8 Å². The molecule has 4 amide bonds. The van der Waals surface area contributed by atoms with Gasteiger partial charge in [-0.3, -0.25) is 53.0 Å². The van der Waals surface area contributed by atoms with Crippen molar-refractivity contribution in [3.05, 3.63) is 70.8 Å². The zero-order valence-corrected chi connectivity index (χ0v) is 49.2. The van der Waals surface area contributed by atoms with Crippen molar-refractivity contribution in [1.82, 2.24) is 25.5 Å². The minimum atomic E-state index is -0.808. The summed E-state index contributed by atoms with van der Waals surface area (Å²) in [4.78, 5) is 129. The molecule has 2 spiro atoms. The van der Waals surface area contributed by atoms with Crippen LogP contribution in [0.5, 0.6) is 23.0 Å². The molecular formula is C62H75N5O18. The lowest BCUT2D eigenvalue weighted by molar-refractivity contribution is -0.197. The molecule has 2 aromatic rings. The van der Waals surface area contributed by atoms with Gasteiger partial charge < -0.3 is 48.6 Å². The molecule has 10 atom stereocenters. The fourth-order valence-corrected chi connectivity index (χ4v) is 14.6. The van der Waals surface area contributed by atoms with E-state index in [1.165, 1.54) is 27.7 Å². The fourth-order valence-electron chi connectivity index (χ4n) is 14.6. The van der Waals surface area contributed by atoms with E-state index < -0.39 is 71.1 Å². The van der Waals surface area contributed by atoms with E-state index in [-0.39, 0.29) is 91.6 Å². The van der Waals surface area contributed by atoms with Crippen molar-refractivity contribution in [1.29, 1.82) is 0 Å². The molecule has 2 aromatic carbocycles. The van der Waals surface area contributed by atoms with Crippen molar-refractivity contribution >= 4 is 59.4 Å². The van der Waals surface area contributed by atoms with Crippen LogP contribution in [0.3, 0.4) is 0 Å². The third kappa shape index (κ3) is 12.2. The summed E-state index contributed by atoms with van der Waals surface area (Å²) >= 11 is 0. The molecule has 0 saturated carbocycles. The number of hydroxylamine groups is 2. The smallest absolute Gasteiger partial charge is 0.333 e. The Hall–Kier alpha value is -7.66. The molecule has 5 heterocycles. The molecule has 11 rings (SSSR count). The second-order valence-electron chi connectivity index (χ2n) is 24.3. The van der Waals surface area contributed by atoms with Gasteiger partial charge in [0.1, 0.15) is 17.8 Å². The Balaban J connectivity index is 0.000000190. The third-order valence-electron chi connectivity index (χ3n) is 17.6. The van der Waals surface area contributed by atoms with Gasteiger partial charge in [-0.15, -0.1) is 5.06 Å². The van der Waals surface area contributed by atoms with Crippen LogP contribution in [0.4, 0.5) is 0 Å². The van der Waals surface area contributed by atoms with E-state index >= 15 is 0 Å². The van der Waals surface area contributed by atoms with Crippen molar-refractivity contribution in [3.8, 4) is 23.0 Å². The summed E-state index contributed by atoms with van der Waals surface area (Å²) in [5.41, 5.74) is 3.04. The van der Waals surface area contributed by atoms with Gasteiger partial charge >= 0.3 is 35.8 Å². The van der Waals surface area contributed by atoms with Crippen LogP contribution in [-0.4, -0.2) is 156 Å². The van der Waals surface area contributed by atoms with Gasteiger partial charge in [-0.2, -0.15) is 0 Å². The summed E-state index contributed by atoms with van der Waals surface area (Å²) in [6.45, 7) is 15.0. The minimum Gasteiger partial charge on any atom is -0.481 e. The van der Waals surface area contributed by atoms with Gasteiger partial charge in [-0.05, 0) is 108 Å². The quantitative estimate of drug-likeness (QED) is 0.0497. The number of piperidine rings is 2. The number of hydrogen-bond acceptors (Lipinski definition) is 20. The van der Waals surface area contributed by atoms with Crippen LogP contribution in [0.25, 0.3) is 0 Å². The maximum atomic E-state index is 12.3. The topological polar surface area (TPSA) is 278 Å². The van der Waals surface area contributed by atoms with Crippen molar-refractivity contribution in [2.75, 3.05) is 39.3 Å². The zero-order valence-electron chi connectivity index (χ0n) is 49.2. The largest absolute Gasteiger partial charge is 0.481 e. The minimum absolute atomic E-state index is 0.0101. The number of amides is 4. The molecule has 456 valence electrons. The van der Waals surface area contributed by atoms with Crippen LogP contribution < -0.4 is 29.6 Å². The lowest BCUT2D eigenvalue weighted by Gasteiger charge is -2.57. The summed E-state index contributed by atoms with van der Waals surface area (Å²) in [7, 11) is 0. The van der Waals surface area contributed by atoms with Gasteiger partial charge in [-0.25, -0.2) is 4.79 Å². The SMILES string of the molecule is CC(=O)Oc1ccc2c3c1O[C@H]1[C@@H](OC(C)=O)C=C[C@H]4C(C2)N(CCCNC(=O)CCC(=O)OC(C)(C)C)CC[C@@]341.CC(=O)Oc1ccc2c3c1O[C@H]1[C@@H](OC(C)=O)C=C[C@H]4C(C2)N(CCCNC(=O)CCC(=O)ON2C(=O)CCC2=O)CC[C@@]341. The van der Waals surface area contributed by atoms with E-state index in [0.717, 1.165) is 80.5 Å². The summed E-state index contributed by atoms with van der Waals surface area (Å²) in [6, 6.07) is 7.96. The Morgan fingerprint density at radius 1 is 0.588 bits per heavy atom. The van der Waals surface area contributed by atoms with Crippen LogP contribution in [0.1, 0.15) is 135 Å². The highest BCUT2D eigenvalue weighted by Crippen LogP contribution is 2.64. The number of rotatable bonds is 19. The van der Waals surface area contributed by atoms with Crippen LogP contribution in [0, 0.1) is 11.8 Å². The average Bonchev–Trinajstić information content (AvgIpc) is 1.61. The van der Waals surface area contributed by atoms with E-state index in [2.05, 4.69) is 32.6 Å². The number of nitrogens with one attached hydrogen (secondary N) is 2. The van der Waals surface area contributed by atoms with E-state index in [1.807, 2.05) is 24.3 Å². The van der Waals surface area contributed by atoms with E-state index in [9.17, 15) is 47.9 Å². The first-order valence-corrected chi connectivity index (χ1v) is 29.5. The molecule has 23 heteroatoms. The molecule has 0 aromatic heterocycles. The van der Waals surface area contributed by atoms with Crippen LogP contribution >= 0.6 is 0 Å². The van der Waals surface area contributed by atoms with Crippen LogP contribution in [-0.2, 0) is 90.7 Å². The standard InChI is InChI=1S/C31H35N3O10.C31H40N2O8/c1-17(35)41-22-6-4-19-16-21-20-5-7-23(42-18(2)36)30-31(20,28(19)29(22)43-30)12-15-33(21)14-3-13-32-24(37)8-11-27(40)44-34-25(38)9-10-26(34)39;1-18(34)38-23-9-7-20-17-22-21-8-10-24(39-19(2)35)29-31(21,27(20)28(23)40-29)13-16-33(22)15-6-14-32-25(36)11-12-26(37)41-30(3,4)5/h4-7,20-21,23,30H,3,8-16H2,1-2H3,(H,32,37);7-10,21-22,24,29H,6,11-17H2,1-5H3,(H,32,36)/t20-,21?,23-,30-,31-;21-,22?,24-,29-,31-/m00/s1. The van der Waals surface area contributed by atoms with Gasteiger partial charge in [0.15, 0.2) is 35.2 Å². The second kappa shape index (κ2) is 24.4. The highest BCUT2D eigenvalue weighted by molar-refractivity contribution is 6.01. The number of esters is 5. The van der Waals surface area contributed by atoms with Crippen LogP contribution in [0.15, 0.2) is 48.6 Å². The third-order valence-corrected chi connectivity index (χ3v) is 17.6. The number of benzene rings is 2. The highest BCUT2D eigenvalue weighted by Gasteiger charge is 2.67. The lowest BCUT2D eigenvalue weighted by atomic mass is 9.53. The number of imide groups is 1. The van der Waals surface area contributed by atoms with Crippen molar-refractivity contribution in [3.63, 3.8) is 0 Å². The maximum absolute atomic E-state index is 12.3. The first-order chi connectivity index (χ1) is 40.5. The first-order valence-electron chi connectivity index (χ1n) is 29.5. The Kier molecular flexibility index (Phi) is 17.3. The molecule has 23 nitrogen and oxygen atoms in total. The molecule has 4 aliphatic carbocycles. The van der Waals surface area contributed by atoms with Gasteiger partial charge in [0.25, 0.3) is 11.8 Å². The second-order valence-corrected chi connectivity index (χ2v) is 24.3. The molecule has 9 aliphatic rings. The number of carbonyl (C=O) groups is 10. The van der Waals surface area contributed by atoms with Gasteiger partial charge in [-0.1, -0.05) is 24.3 Å². The summed E-state index contributed by atoms with van der Waals surface area (Å²) in [5.74, 6) is -2.23. The zero-order chi connectivity index (χ0) is 60.7. The average molecular weight is 1180 g/mol. The Morgan fingerprint density at radius 2 is 1.02 bits per heavy atom. The maximum Gasteiger partial charge on any atom is 0.333 e. The number of nitrogens with zero attached hydrogens (tertiary/aromatic N) is 3. The lowest BCUT2D eigenvalue weighted by Crippen LogP contribution is -2.66. The van der Waals surface area contributed by atoms with Crippen molar-refractivity contribution in [2.45, 2.75) is 178 Å². The molecule has 3 fully saturated rings. The normalized spacial score (nSPS) is 27.6. The molecule has 3 saturated heterocycles. The van der Waals surface area contributed by atoms with Gasteiger partial charge in [0.2, 0.25) is 11.8 Å². The highest BCUT2D eigenvalue weighted by atomic mass is 16.7. The Morgan fingerprint density at radius 3 is 1.44 bits per heavy atom. The molecule has 85 heavy (non-hydrogen) atoms. The van der Waals surface area contributed by atoms with Crippen LogP contribution in [0.2, 0.25) is 0 Å². The fraction of sp³-hybridized carbons (Fsp3) is 0.581. The van der Waals surface area contributed by atoms with Gasteiger partial charge in [0, 0.05) is 125 Å². The number of hydrogen-bond donors (Lipinski definition) is 2. The Bertz CT molecular complexity index is 3120. The number of carbonyl (C=O) groups excluding carboxylic acids is 10. The predicted octanol–water partition coefficient (Wildman–Crippen LogP) is 4.24. The Labute approximate surface area is 492 Å². The monoisotopic (exact) mass is 1180 g/mol. The number of ether oxygens (including phenoxy) is 7. The summed E-state index contributed by atoms with van der Waals surface area (Å²) in [5, 5.41) is 6.24. The molecule has 2 unspecified atom stereocenters. The van der Waals surface area contributed by atoms with E-state index in [0.29, 0.717) is 47.6 Å². The molecular weight excluding hydrogens is 1100 g/mol. The molecule has 2 N–H and O–H groups in total. The van der Waals surface area contributed by atoms with E-state index in [1.54, 1.807) is 32.9 Å². The molecule has 5 aliphatic heterocycles. The first kappa shape index (κ1) is 60.5. The molecule has 4 bridgehead atoms. The van der Waals surface area contributed by atoms with E-state index in [4.69, 9.17) is 38.0 Å². The molecule has 0 radical (unpaired) electrons. The summed E-state index contributed by atoms with van der Waals surface area (Å²) in [6.07, 6.45) is 10.7. The van der Waals surface area contributed by atoms with Crippen molar-refractivity contribution < 1.29 is 85.9 Å². The van der Waals surface area contributed by atoms with Gasteiger partial charge in [0.05, 0.1) is 12.8 Å².